The van der Waals surface area contributed by atoms with E-state index in [0.717, 1.165) is 11.3 Å². The van der Waals surface area contributed by atoms with E-state index in [2.05, 4.69) is 5.16 Å². The van der Waals surface area contributed by atoms with Crippen LogP contribution in [-0.2, 0) is 11.3 Å². The summed E-state index contributed by atoms with van der Waals surface area (Å²) in [6.07, 6.45) is 0. The number of carbonyl (C=O) groups excluding carboxylic acids is 1. The molecular weight excluding hydrogens is 246 g/mol. The fourth-order valence-electron chi connectivity index (χ4n) is 1.68. The first-order valence-corrected chi connectivity index (χ1v) is 5.84. The molecule has 100 valence electrons. The molecule has 5 nitrogen and oxygen atoms in total. The van der Waals surface area contributed by atoms with Crippen molar-refractivity contribution in [1.29, 1.82) is 0 Å². The number of benzene rings is 1. The van der Waals surface area contributed by atoms with E-state index >= 15 is 0 Å². The molecular formula is C14H15NO4. The summed E-state index contributed by atoms with van der Waals surface area (Å²) in [7, 11) is 1.34. The second-order valence-corrected chi connectivity index (χ2v) is 4.21. The molecule has 1 heterocycles. The van der Waals surface area contributed by atoms with E-state index in [-0.39, 0.29) is 6.61 Å². The SMILES string of the molecule is COC(=O)c1cc(C)ccc1OCc1cc(C)on1. The lowest BCUT2D eigenvalue weighted by Gasteiger charge is -2.09. The first kappa shape index (κ1) is 13.1. The van der Waals surface area contributed by atoms with Crippen LogP contribution in [0.4, 0.5) is 0 Å². The molecule has 0 aliphatic carbocycles. The second kappa shape index (κ2) is 5.56. The van der Waals surface area contributed by atoms with Gasteiger partial charge in [0.25, 0.3) is 0 Å². The molecule has 19 heavy (non-hydrogen) atoms. The Bertz CT molecular complexity index is 589. The van der Waals surface area contributed by atoms with Crippen LogP contribution >= 0.6 is 0 Å². The molecule has 0 saturated carbocycles. The van der Waals surface area contributed by atoms with Crippen molar-refractivity contribution in [2.75, 3.05) is 7.11 Å². The largest absolute Gasteiger partial charge is 0.486 e. The Morgan fingerprint density at radius 1 is 1.32 bits per heavy atom. The summed E-state index contributed by atoms with van der Waals surface area (Å²) in [6, 6.07) is 7.13. The molecule has 2 aromatic rings. The van der Waals surface area contributed by atoms with Gasteiger partial charge in [0.1, 0.15) is 29.4 Å². The maximum absolute atomic E-state index is 11.7. The lowest BCUT2D eigenvalue weighted by molar-refractivity contribution is 0.0595. The molecule has 0 saturated heterocycles. The zero-order valence-electron chi connectivity index (χ0n) is 11.1. The monoisotopic (exact) mass is 261 g/mol. The van der Waals surface area contributed by atoms with Gasteiger partial charge in [-0.25, -0.2) is 4.79 Å². The van der Waals surface area contributed by atoms with Crippen molar-refractivity contribution in [3.63, 3.8) is 0 Å². The van der Waals surface area contributed by atoms with Crippen molar-refractivity contribution >= 4 is 5.97 Å². The van der Waals surface area contributed by atoms with E-state index in [1.54, 1.807) is 18.2 Å². The van der Waals surface area contributed by atoms with Crippen molar-refractivity contribution in [2.24, 2.45) is 0 Å². The fourth-order valence-corrected chi connectivity index (χ4v) is 1.68. The highest BCUT2D eigenvalue weighted by molar-refractivity contribution is 5.92. The molecule has 0 radical (unpaired) electrons. The molecule has 0 unspecified atom stereocenters. The second-order valence-electron chi connectivity index (χ2n) is 4.21. The van der Waals surface area contributed by atoms with Gasteiger partial charge >= 0.3 is 5.97 Å². The third kappa shape index (κ3) is 3.13. The topological polar surface area (TPSA) is 61.6 Å². The smallest absolute Gasteiger partial charge is 0.341 e. The van der Waals surface area contributed by atoms with E-state index < -0.39 is 5.97 Å². The van der Waals surface area contributed by atoms with Gasteiger partial charge in [-0.15, -0.1) is 0 Å². The number of ether oxygens (including phenoxy) is 2. The highest BCUT2D eigenvalue weighted by atomic mass is 16.5. The van der Waals surface area contributed by atoms with E-state index in [1.165, 1.54) is 7.11 Å². The minimum Gasteiger partial charge on any atom is -0.486 e. The molecule has 0 aliphatic heterocycles. The quantitative estimate of drug-likeness (QED) is 0.792. The van der Waals surface area contributed by atoms with Gasteiger partial charge in [0, 0.05) is 6.07 Å². The molecule has 2 rings (SSSR count). The number of rotatable bonds is 4. The van der Waals surface area contributed by atoms with E-state index in [1.807, 2.05) is 19.9 Å². The number of aromatic nitrogens is 1. The summed E-state index contributed by atoms with van der Waals surface area (Å²) in [5, 5.41) is 3.83. The third-order valence-corrected chi connectivity index (χ3v) is 2.59. The van der Waals surface area contributed by atoms with E-state index in [9.17, 15) is 4.79 Å². The number of methoxy groups -OCH3 is 1. The minimum atomic E-state index is -0.421. The Kier molecular flexibility index (Phi) is 3.85. The summed E-state index contributed by atoms with van der Waals surface area (Å²) in [4.78, 5) is 11.7. The normalized spacial score (nSPS) is 10.3. The zero-order valence-corrected chi connectivity index (χ0v) is 11.1. The molecule has 0 atom stereocenters. The predicted molar refractivity (Wildman–Crippen MR) is 68.1 cm³/mol. The molecule has 0 fully saturated rings. The molecule has 0 amide bonds. The van der Waals surface area contributed by atoms with Gasteiger partial charge in [-0.05, 0) is 26.0 Å². The molecule has 0 spiro atoms. The molecule has 0 aliphatic rings. The maximum atomic E-state index is 11.7. The highest BCUT2D eigenvalue weighted by Gasteiger charge is 2.14. The van der Waals surface area contributed by atoms with Gasteiger partial charge in [-0.3, -0.25) is 0 Å². The van der Waals surface area contributed by atoms with Crippen LogP contribution in [-0.4, -0.2) is 18.2 Å². The summed E-state index contributed by atoms with van der Waals surface area (Å²) in [6.45, 7) is 3.95. The fraction of sp³-hybridized carbons (Fsp3) is 0.286. The van der Waals surface area contributed by atoms with Gasteiger partial charge in [-0.2, -0.15) is 0 Å². The van der Waals surface area contributed by atoms with Crippen molar-refractivity contribution in [3.05, 3.63) is 46.8 Å². The number of nitrogens with zero attached hydrogens (tertiary/aromatic N) is 1. The number of hydrogen-bond acceptors (Lipinski definition) is 5. The molecule has 1 aromatic heterocycles. The average molecular weight is 261 g/mol. The van der Waals surface area contributed by atoms with Gasteiger partial charge < -0.3 is 14.0 Å². The van der Waals surface area contributed by atoms with Gasteiger partial charge in [-0.1, -0.05) is 16.8 Å². The first-order chi connectivity index (χ1) is 9.10. The maximum Gasteiger partial charge on any atom is 0.341 e. The lowest BCUT2D eigenvalue weighted by Crippen LogP contribution is -2.06. The highest BCUT2D eigenvalue weighted by Crippen LogP contribution is 2.22. The Hall–Kier alpha value is -2.30. The van der Waals surface area contributed by atoms with Crippen molar-refractivity contribution in [2.45, 2.75) is 20.5 Å². The standard InChI is InChI=1S/C14H15NO4/c1-9-4-5-13(12(6-9)14(16)17-3)18-8-11-7-10(2)19-15-11/h4-7H,8H2,1-3H3. The summed E-state index contributed by atoms with van der Waals surface area (Å²) < 4.78 is 15.3. The minimum absolute atomic E-state index is 0.240. The van der Waals surface area contributed by atoms with Crippen molar-refractivity contribution < 1.29 is 18.8 Å². The van der Waals surface area contributed by atoms with E-state index in [0.29, 0.717) is 17.0 Å². The Morgan fingerprint density at radius 3 is 2.74 bits per heavy atom. The first-order valence-electron chi connectivity index (χ1n) is 5.84. The van der Waals surface area contributed by atoms with E-state index in [4.69, 9.17) is 14.0 Å². The van der Waals surface area contributed by atoms with Crippen LogP contribution in [0.25, 0.3) is 0 Å². The van der Waals surface area contributed by atoms with Crippen LogP contribution in [0.2, 0.25) is 0 Å². The van der Waals surface area contributed by atoms with Crippen LogP contribution < -0.4 is 4.74 Å². The van der Waals surface area contributed by atoms with Crippen molar-refractivity contribution in [1.82, 2.24) is 5.16 Å². The number of hydrogen-bond donors (Lipinski definition) is 0. The lowest BCUT2D eigenvalue weighted by atomic mass is 10.1. The number of aryl methyl sites for hydroxylation is 2. The average Bonchev–Trinajstić information content (AvgIpc) is 2.82. The summed E-state index contributed by atoms with van der Waals surface area (Å²) in [5.41, 5.74) is 2.04. The van der Waals surface area contributed by atoms with Gasteiger partial charge in [0.15, 0.2) is 0 Å². The van der Waals surface area contributed by atoms with Crippen LogP contribution in [0, 0.1) is 13.8 Å². The Balaban J connectivity index is 2.17. The summed E-state index contributed by atoms with van der Waals surface area (Å²) >= 11 is 0. The Labute approximate surface area is 111 Å². The van der Waals surface area contributed by atoms with Gasteiger partial charge in [0.05, 0.1) is 7.11 Å². The molecule has 5 heteroatoms. The number of carbonyl (C=O) groups is 1. The van der Waals surface area contributed by atoms with Crippen LogP contribution in [0.5, 0.6) is 5.75 Å². The number of esters is 1. The predicted octanol–water partition coefficient (Wildman–Crippen LogP) is 2.66. The summed E-state index contributed by atoms with van der Waals surface area (Å²) in [5.74, 6) is 0.767. The van der Waals surface area contributed by atoms with Gasteiger partial charge in [0.2, 0.25) is 0 Å². The third-order valence-electron chi connectivity index (χ3n) is 2.59. The van der Waals surface area contributed by atoms with Crippen LogP contribution in [0.1, 0.15) is 27.4 Å². The molecule has 0 bridgehead atoms. The van der Waals surface area contributed by atoms with Crippen LogP contribution in [0.15, 0.2) is 28.8 Å². The molecule has 1 aromatic carbocycles. The Morgan fingerprint density at radius 2 is 2.11 bits per heavy atom. The zero-order chi connectivity index (χ0) is 13.8. The van der Waals surface area contributed by atoms with Crippen LogP contribution in [0.3, 0.4) is 0 Å². The van der Waals surface area contributed by atoms with Crippen molar-refractivity contribution in [3.8, 4) is 5.75 Å². The molecule has 0 N–H and O–H groups in total.